The number of pyridine rings is 1. The first kappa shape index (κ1) is 11.1. The molecule has 1 aliphatic rings. The third-order valence-corrected chi connectivity index (χ3v) is 3.27. The van der Waals surface area contributed by atoms with Gasteiger partial charge in [-0.3, -0.25) is 4.98 Å². The molecule has 0 spiro atoms. The van der Waals surface area contributed by atoms with Gasteiger partial charge < -0.3 is 5.32 Å². The van der Waals surface area contributed by atoms with E-state index in [4.69, 9.17) is 0 Å². The van der Waals surface area contributed by atoms with Crippen molar-refractivity contribution >= 4 is 15.9 Å². The first-order chi connectivity index (χ1) is 7.24. The molecular formula is C12H17BrN2. The van der Waals surface area contributed by atoms with E-state index in [0.717, 1.165) is 22.6 Å². The zero-order valence-corrected chi connectivity index (χ0v) is 10.6. The van der Waals surface area contributed by atoms with Crippen LogP contribution in [0.2, 0.25) is 0 Å². The van der Waals surface area contributed by atoms with Crippen LogP contribution in [0.1, 0.15) is 31.9 Å². The zero-order valence-electron chi connectivity index (χ0n) is 9.04. The van der Waals surface area contributed by atoms with E-state index in [1.54, 1.807) is 0 Å². The summed E-state index contributed by atoms with van der Waals surface area (Å²) in [4.78, 5) is 4.34. The van der Waals surface area contributed by atoms with Gasteiger partial charge >= 0.3 is 0 Å². The van der Waals surface area contributed by atoms with E-state index in [0.29, 0.717) is 6.04 Å². The summed E-state index contributed by atoms with van der Waals surface area (Å²) in [5.74, 6) is 0.991. The lowest BCUT2D eigenvalue weighted by Gasteiger charge is -2.12. The monoisotopic (exact) mass is 268 g/mol. The highest BCUT2D eigenvalue weighted by Gasteiger charge is 2.23. The third-order valence-electron chi connectivity index (χ3n) is 2.80. The molecule has 1 aliphatic carbocycles. The molecule has 1 aromatic heterocycles. The summed E-state index contributed by atoms with van der Waals surface area (Å²) >= 11 is 3.38. The van der Waals surface area contributed by atoms with E-state index < -0.39 is 0 Å². The quantitative estimate of drug-likeness (QED) is 0.888. The highest BCUT2D eigenvalue weighted by atomic mass is 79.9. The van der Waals surface area contributed by atoms with Crippen molar-refractivity contribution < 1.29 is 0 Å². The van der Waals surface area contributed by atoms with Crippen LogP contribution in [0.15, 0.2) is 22.8 Å². The fourth-order valence-corrected chi connectivity index (χ4v) is 1.96. The molecule has 1 atom stereocenters. The van der Waals surface area contributed by atoms with Gasteiger partial charge in [0.05, 0.1) is 5.69 Å². The maximum atomic E-state index is 4.34. The second kappa shape index (κ2) is 5.08. The van der Waals surface area contributed by atoms with Gasteiger partial charge in [-0.1, -0.05) is 12.8 Å². The maximum Gasteiger partial charge on any atom is 0.0542 e. The minimum absolute atomic E-state index is 0.614. The van der Waals surface area contributed by atoms with Crippen molar-refractivity contribution in [1.29, 1.82) is 0 Å². The summed E-state index contributed by atoms with van der Waals surface area (Å²) in [5.41, 5.74) is 1.11. The summed E-state index contributed by atoms with van der Waals surface area (Å²) in [7, 11) is 0. The summed E-state index contributed by atoms with van der Waals surface area (Å²) in [6.07, 6.45) is 6.03. The molecule has 1 aromatic rings. The Kier molecular flexibility index (Phi) is 3.76. The first-order valence-electron chi connectivity index (χ1n) is 5.58. The van der Waals surface area contributed by atoms with Crippen LogP contribution in [-0.2, 0) is 6.54 Å². The summed E-state index contributed by atoms with van der Waals surface area (Å²) in [6.45, 7) is 3.14. The number of nitrogens with one attached hydrogen (secondary N) is 1. The molecule has 2 rings (SSSR count). The van der Waals surface area contributed by atoms with E-state index in [2.05, 4.69) is 39.2 Å². The number of nitrogens with zero attached hydrogens (tertiary/aromatic N) is 1. The largest absolute Gasteiger partial charge is 0.309 e. The van der Waals surface area contributed by atoms with Gasteiger partial charge in [-0.15, -0.1) is 0 Å². The van der Waals surface area contributed by atoms with E-state index in [1.165, 1.54) is 19.3 Å². The number of halogens is 1. The van der Waals surface area contributed by atoms with Gasteiger partial charge in [0, 0.05) is 23.3 Å². The van der Waals surface area contributed by atoms with E-state index >= 15 is 0 Å². The normalized spacial score (nSPS) is 17.7. The Morgan fingerprint density at radius 1 is 1.53 bits per heavy atom. The Labute approximate surface area is 99.6 Å². The third kappa shape index (κ3) is 3.92. The van der Waals surface area contributed by atoms with Crippen LogP contribution in [-0.4, -0.2) is 11.0 Å². The molecule has 1 saturated carbocycles. The van der Waals surface area contributed by atoms with Gasteiger partial charge in [0.15, 0.2) is 0 Å². The molecule has 1 N–H and O–H groups in total. The fourth-order valence-electron chi connectivity index (χ4n) is 1.73. The van der Waals surface area contributed by atoms with Crippen LogP contribution in [0.5, 0.6) is 0 Å². The SMILES string of the molecule is CC(CC1CC1)NCc1ccc(Br)cn1. The minimum Gasteiger partial charge on any atom is -0.309 e. The fraction of sp³-hybridized carbons (Fsp3) is 0.583. The molecule has 0 aliphatic heterocycles. The topological polar surface area (TPSA) is 24.9 Å². The van der Waals surface area contributed by atoms with Gasteiger partial charge in [0.1, 0.15) is 0 Å². The van der Waals surface area contributed by atoms with Gasteiger partial charge in [-0.25, -0.2) is 0 Å². The Balaban J connectivity index is 1.74. The summed E-state index contributed by atoms with van der Waals surface area (Å²) in [6, 6.07) is 4.71. The molecule has 0 radical (unpaired) electrons. The molecule has 2 nitrogen and oxygen atoms in total. The van der Waals surface area contributed by atoms with Crippen LogP contribution in [0.4, 0.5) is 0 Å². The lowest BCUT2D eigenvalue weighted by Crippen LogP contribution is -2.26. The van der Waals surface area contributed by atoms with Gasteiger partial charge in [-0.2, -0.15) is 0 Å². The molecule has 1 heterocycles. The molecule has 1 fully saturated rings. The van der Waals surface area contributed by atoms with Crippen LogP contribution >= 0.6 is 15.9 Å². The van der Waals surface area contributed by atoms with E-state index in [9.17, 15) is 0 Å². The molecule has 1 unspecified atom stereocenters. The average Bonchev–Trinajstić information content (AvgIpc) is 3.01. The Bertz CT molecular complexity index is 306. The van der Waals surface area contributed by atoms with E-state index in [-0.39, 0.29) is 0 Å². The smallest absolute Gasteiger partial charge is 0.0542 e. The summed E-state index contributed by atoms with van der Waals surface area (Å²) in [5, 5.41) is 3.51. The van der Waals surface area contributed by atoms with E-state index in [1.807, 2.05) is 12.3 Å². The molecule has 3 heteroatoms. The van der Waals surface area contributed by atoms with Gasteiger partial charge in [0.25, 0.3) is 0 Å². The minimum atomic E-state index is 0.614. The maximum absolute atomic E-state index is 4.34. The number of hydrogen-bond donors (Lipinski definition) is 1. The highest BCUT2D eigenvalue weighted by Crippen LogP contribution is 2.33. The van der Waals surface area contributed by atoms with Crippen LogP contribution in [0.25, 0.3) is 0 Å². The van der Waals surface area contributed by atoms with Gasteiger partial charge in [0.2, 0.25) is 0 Å². The van der Waals surface area contributed by atoms with Crippen molar-refractivity contribution in [3.05, 3.63) is 28.5 Å². The molecular weight excluding hydrogens is 252 g/mol. The second-order valence-corrected chi connectivity index (χ2v) is 5.34. The molecule has 0 bridgehead atoms. The lowest BCUT2D eigenvalue weighted by atomic mass is 10.1. The Morgan fingerprint density at radius 3 is 2.93 bits per heavy atom. The van der Waals surface area contributed by atoms with Crippen molar-refractivity contribution in [3.8, 4) is 0 Å². The van der Waals surface area contributed by atoms with Crippen molar-refractivity contribution in [2.45, 2.75) is 38.8 Å². The number of hydrogen-bond acceptors (Lipinski definition) is 2. The van der Waals surface area contributed by atoms with Crippen molar-refractivity contribution in [2.75, 3.05) is 0 Å². The van der Waals surface area contributed by atoms with Crippen LogP contribution < -0.4 is 5.32 Å². The number of aromatic nitrogens is 1. The Morgan fingerprint density at radius 2 is 2.33 bits per heavy atom. The molecule has 15 heavy (non-hydrogen) atoms. The van der Waals surface area contributed by atoms with Crippen molar-refractivity contribution in [3.63, 3.8) is 0 Å². The second-order valence-electron chi connectivity index (χ2n) is 4.43. The lowest BCUT2D eigenvalue weighted by molar-refractivity contribution is 0.484. The standard InChI is InChI=1S/C12H17BrN2/c1-9(6-10-2-3-10)14-8-12-5-4-11(13)7-15-12/h4-5,7,9-10,14H,2-3,6,8H2,1H3. The average molecular weight is 269 g/mol. The molecule has 82 valence electrons. The molecule has 0 saturated heterocycles. The highest BCUT2D eigenvalue weighted by molar-refractivity contribution is 9.10. The Hall–Kier alpha value is -0.410. The summed E-state index contributed by atoms with van der Waals surface area (Å²) < 4.78 is 1.04. The number of rotatable bonds is 5. The predicted molar refractivity (Wildman–Crippen MR) is 65.6 cm³/mol. The molecule has 0 aromatic carbocycles. The van der Waals surface area contributed by atoms with Crippen molar-refractivity contribution in [1.82, 2.24) is 10.3 Å². The van der Waals surface area contributed by atoms with Crippen molar-refractivity contribution in [2.24, 2.45) is 5.92 Å². The van der Waals surface area contributed by atoms with Crippen LogP contribution in [0, 0.1) is 5.92 Å². The predicted octanol–water partition coefficient (Wildman–Crippen LogP) is 3.12. The van der Waals surface area contributed by atoms with Gasteiger partial charge in [-0.05, 0) is 47.3 Å². The zero-order chi connectivity index (χ0) is 10.7. The molecule has 0 amide bonds. The van der Waals surface area contributed by atoms with Crippen LogP contribution in [0.3, 0.4) is 0 Å². The first-order valence-corrected chi connectivity index (χ1v) is 6.37.